The summed E-state index contributed by atoms with van der Waals surface area (Å²) in [5.41, 5.74) is -5.22. The Labute approximate surface area is 156 Å². The third-order valence-corrected chi connectivity index (χ3v) is 5.65. The summed E-state index contributed by atoms with van der Waals surface area (Å²) in [6, 6.07) is 4.16. The zero-order valence-electron chi connectivity index (χ0n) is 14.6. The number of hydrogen-bond acceptors (Lipinski definition) is 6. The quantitative estimate of drug-likeness (QED) is 0.585. The minimum absolute atomic E-state index is 0.0109. The van der Waals surface area contributed by atoms with Crippen molar-refractivity contribution in [1.29, 1.82) is 5.26 Å². The average molecular weight is 396 g/mol. The van der Waals surface area contributed by atoms with Crippen molar-refractivity contribution in [2.75, 3.05) is 0 Å². The Morgan fingerprint density at radius 2 is 1.57 bits per heavy atom. The summed E-state index contributed by atoms with van der Waals surface area (Å²) in [7, 11) is 0. The van der Waals surface area contributed by atoms with Gasteiger partial charge in [0.1, 0.15) is 23.4 Å². The Morgan fingerprint density at radius 3 is 2.00 bits per heavy atom. The number of ether oxygens (including phenoxy) is 1. The third-order valence-electron chi connectivity index (χ3n) is 5.65. The van der Waals surface area contributed by atoms with E-state index in [0.29, 0.717) is 6.07 Å². The lowest BCUT2D eigenvalue weighted by Crippen LogP contribution is -2.44. The van der Waals surface area contributed by atoms with E-state index in [1.807, 2.05) is 0 Å². The van der Waals surface area contributed by atoms with E-state index in [1.165, 1.54) is 19.9 Å². The number of nitrogens with zero attached hydrogens (tertiary/aromatic N) is 2. The second-order valence-corrected chi connectivity index (χ2v) is 7.28. The zero-order valence-corrected chi connectivity index (χ0v) is 14.6. The molecule has 4 atom stereocenters. The molecular weight excluding hydrogens is 381 g/mol. The maximum atomic E-state index is 13.3. The van der Waals surface area contributed by atoms with Crippen molar-refractivity contribution in [3.8, 4) is 23.5 Å². The monoisotopic (exact) mass is 396 g/mol. The van der Waals surface area contributed by atoms with Crippen LogP contribution in [0.15, 0.2) is 18.2 Å². The Bertz CT molecular complexity index is 1010. The van der Waals surface area contributed by atoms with E-state index in [-0.39, 0.29) is 16.8 Å². The van der Waals surface area contributed by atoms with Crippen molar-refractivity contribution >= 4 is 0 Å². The normalized spacial score (nSPS) is 31.1. The van der Waals surface area contributed by atoms with Gasteiger partial charge in [0.05, 0.1) is 34.0 Å². The number of nitriles is 1. The van der Waals surface area contributed by atoms with Gasteiger partial charge in [0, 0.05) is 0 Å². The molecule has 1 aromatic heterocycles. The van der Waals surface area contributed by atoms with Gasteiger partial charge in [-0.3, -0.25) is 4.57 Å². The molecule has 3 heterocycles. The lowest BCUT2D eigenvalue weighted by atomic mass is 9.76. The van der Waals surface area contributed by atoms with E-state index in [0.717, 1.165) is 16.7 Å². The molecule has 2 aromatic rings. The lowest BCUT2D eigenvalue weighted by Gasteiger charge is -2.29. The van der Waals surface area contributed by atoms with Gasteiger partial charge in [0.25, 0.3) is 0 Å². The predicted molar refractivity (Wildman–Crippen MR) is 86.6 cm³/mol. The Hall–Kier alpha value is -2.74. The second kappa shape index (κ2) is 5.20. The predicted octanol–water partition coefficient (Wildman–Crippen LogP) is 1.97. The number of alkyl halides is 3. The molecule has 2 bridgehead atoms. The standard InChI is InChI=1S/C18H15F3N2O5/c1-16-10-11(17(2,28-16)13(25)12(16)24)15(27)23(14(10)26)8-4-3-7(6-22)9(5-8)18(19,20)21/h3-5,12-13,24-27H,1-2H3/t12-,13-,16+,17+/m1/s1. The topological polar surface area (TPSA) is 119 Å². The lowest BCUT2D eigenvalue weighted by molar-refractivity contribution is -0.137. The molecule has 148 valence electrons. The van der Waals surface area contributed by atoms with E-state index in [9.17, 15) is 33.6 Å². The molecule has 0 amide bonds. The fraction of sp³-hybridized carbons (Fsp3) is 0.389. The summed E-state index contributed by atoms with van der Waals surface area (Å²) >= 11 is 0. The number of aromatic hydroxyl groups is 2. The van der Waals surface area contributed by atoms with Gasteiger partial charge in [-0.25, -0.2) is 0 Å². The first-order valence-electron chi connectivity index (χ1n) is 8.23. The van der Waals surface area contributed by atoms with E-state index < -0.39 is 52.5 Å². The Kier molecular flexibility index (Phi) is 3.45. The van der Waals surface area contributed by atoms with Gasteiger partial charge in [-0.15, -0.1) is 0 Å². The van der Waals surface area contributed by atoms with E-state index in [4.69, 9.17) is 10.00 Å². The van der Waals surface area contributed by atoms with Crippen LogP contribution in [0.3, 0.4) is 0 Å². The van der Waals surface area contributed by atoms with Crippen LogP contribution < -0.4 is 0 Å². The van der Waals surface area contributed by atoms with E-state index >= 15 is 0 Å². The maximum absolute atomic E-state index is 13.3. The summed E-state index contributed by atoms with van der Waals surface area (Å²) in [6.45, 7) is 2.81. The van der Waals surface area contributed by atoms with Gasteiger partial charge in [0.2, 0.25) is 11.8 Å². The number of rotatable bonds is 1. The van der Waals surface area contributed by atoms with Crippen molar-refractivity contribution in [3.63, 3.8) is 0 Å². The zero-order chi connectivity index (χ0) is 20.8. The van der Waals surface area contributed by atoms with E-state index in [2.05, 4.69) is 0 Å². The van der Waals surface area contributed by atoms with Crippen LogP contribution in [-0.2, 0) is 22.1 Å². The van der Waals surface area contributed by atoms with Crippen LogP contribution in [0.4, 0.5) is 13.2 Å². The molecular formula is C18H15F3N2O5. The van der Waals surface area contributed by atoms with Crippen LogP contribution in [-0.4, -0.2) is 37.2 Å². The molecule has 0 unspecified atom stereocenters. The van der Waals surface area contributed by atoms with Gasteiger partial charge in [-0.2, -0.15) is 18.4 Å². The molecule has 2 aliphatic heterocycles. The third kappa shape index (κ3) is 1.98. The number of fused-ring (bicyclic) bond motifs is 5. The van der Waals surface area contributed by atoms with Gasteiger partial charge in [-0.05, 0) is 32.0 Å². The first-order valence-corrected chi connectivity index (χ1v) is 8.23. The minimum Gasteiger partial charge on any atom is -0.494 e. The Balaban J connectivity index is 1.99. The molecule has 1 fully saturated rings. The molecule has 0 aliphatic carbocycles. The molecule has 4 rings (SSSR count). The van der Waals surface area contributed by atoms with Crippen LogP contribution in [0, 0.1) is 11.3 Å². The van der Waals surface area contributed by atoms with Crippen LogP contribution in [0.2, 0.25) is 0 Å². The van der Waals surface area contributed by atoms with Gasteiger partial charge >= 0.3 is 6.18 Å². The highest BCUT2D eigenvalue weighted by molar-refractivity contribution is 5.63. The Morgan fingerprint density at radius 1 is 1.07 bits per heavy atom. The number of halogens is 3. The molecule has 7 nitrogen and oxygen atoms in total. The summed E-state index contributed by atoms with van der Waals surface area (Å²) in [6.07, 6.45) is -7.66. The molecule has 1 aromatic carbocycles. The van der Waals surface area contributed by atoms with E-state index in [1.54, 1.807) is 0 Å². The molecule has 0 saturated carbocycles. The summed E-state index contributed by atoms with van der Waals surface area (Å²) in [4.78, 5) is 0. The highest BCUT2D eigenvalue weighted by atomic mass is 19.4. The molecule has 0 spiro atoms. The van der Waals surface area contributed by atoms with Crippen molar-refractivity contribution < 1.29 is 38.3 Å². The van der Waals surface area contributed by atoms with Crippen molar-refractivity contribution in [2.45, 2.75) is 43.4 Å². The molecule has 10 heteroatoms. The number of aromatic nitrogens is 1. The average Bonchev–Trinajstić information content (AvgIpc) is 3.10. The number of hydrogen-bond donors (Lipinski definition) is 4. The van der Waals surface area contributed by atoms with Gasteiger partial charge < -0.3 is 25.2 Å². The molecule has 2 aliphatic rings. The minimum atomic E-state index is -4.82. The summed E-state index contributed by atoms with van der Waals surface area (Å²) < 4.78 is 46.3. The number of benzene rings is 1. The number of aliphatic hydroxyl groups is 2. The molecule has 4 N–H and O–H groups in total. The fourth-order valence-corrected chi connectivity index (χ4v) is 4.30. The molecule has 28 heavy (non-hydrogen) atoms. The number of aliphatic hydroxyl groups excluding tert-OH is 2. The summed E-state index contributed by atoms with van der Waals surface area (Å²) in [5, 5.41) is 50.9. The fourth-order valence-electron chi connectivity index (χ4n) is 4.30. The smallest absolute Gasteiger partial charge is 0.417 e. The molecule has 1 saturated heterocycles. The summed E-state index contributed by atoms with van der Waals surface area (Å²) in [5.74, 6) is -1.25. The van der Waals surface area contributed by atoms with Crippen LogP contribution in [0.25, 0.3) is 5.69 Å². The largest absolute Gasteiger partial charge is 0.494 e. The van der Waals surface area contributed by atoms with Crippen molar-refractivity contribution in [1.82, 2.24) is 4.57 Å². The maximum Gasteiger partial charge on any atom is 0.417 e. The highest BCUT2D eigenvalue weighted by Crippen LogP contribution is 2.64. The van der Waals surface area contributed by atoms with Crippen LogP contribution in [0.5, 0.6) is 11.8 Å². The molecule has 0 radical (unpaired) electrons. The highest BCUT2D eigenvalue weighted by Gasteiger charge is 2.69. The van der Waals surface area contributed by atoms with Gasteiger partial charge in [-0.1, -0.05) is 0 Å². The van der Waals surface area contributed by atoms with Crippen molar-refractivity contribution in [3.05, 3.63) is 40.5 Å². The van der Waals surface area contributed by atoms with Crippen LogP contribution in [0.1, 0.15) is 36.1 Å². The van der Waals surface area contributed by atoms with Crippen LogP contribution >= 0.6 is 0 Å². The second-order valence-electron chi connectivity index (χ2n) is 7.28. The van der Waals surface area contributed by atoms with Gasteiger partial charge in [0.15, 0.2) is 0 Å². The first-order chi connectivity index (χ1) is 12.9. The van der Waals surface area contributed by atoms with Crippen molar-refractivity contribution in [2.24, 2.45) is 0 Å². The SMILES string of the molecule is C[C@]12O[C@@](C)(c3c1c(O)n(-c1ccc(C#N)c(C(F)(F)F)c1)c3O)[C@H](O)[C@H]2O. The first kappa shape index (κ1) is 18.6.